The molecular weight excluding hydrogens is 266 g/mol. The van der Waals surface area contributed by atoms with Crippen molar-refractivity contribution in [3.8, 4) is 0 Å². The Bertz CT molecular complexity index is 671. The highest BCUT2D eigenvalue weighted by Crippen LogP contribution is 2.40. The van der Waals surface area contributed by atoms with Crippen molar-refractivity contribution in [2.75, 3.05) is 11.9 Å². The SMILES string of the molecule is O=C(CCNC1CC1)Nc1ccc2oc(C3CC3)nc2c1. The molecule has 110 valence electrons. The molecule has 4 rings (SSSR count). The Morgan fingerprint density at radius 3 is 2.90 bits per heavy atom. The molecule has 0 atom stereocenters. The maximum absolute atomic E-state index is 11.9. The van der Waals surface area contributed by atoms with Crippen molar-refractivity contribution in [1.82, 2.24) is 10.3 Å². The zero-order valence-corrected chi connectivity index (χ0v) is 11.9. The monoisotopic (exact) mass is 285 g/mol. The van der Waals surface area contributed by atoms with Gasteiger partial charge in [-0.3, -0.25) is 4.79 Å². The van der Waals surface area contributed by atoms with Gasteiger partial charge in [-0.1, -0.05) is 0 Å². The summed E-state index contributed by atoms with van der Waals surface area (Å²) in [7, 11) is 0. The first-order chi connectivity index (χ1) is 10.3. The van der Waals surface area contributed by atoms with Crippen LogP contribution in [0.25, 0.3) is 11.1 Å². The first kappa shape index (κ1) is 12.8. The number of nitrogens with zero attached hydrogens (tertiary/aromatic N) is 1. The molecule has 0 spiro atoms. The molecule has 5 heteroatoms. The molecule has 0 bridgehead atoms. The van der Waals surface area contributed by atoms with Crippen molar-refractivity contribution in [3.63, 3.8) is 0 Å². The normalized spacial score (nSPS) is 18.1. The second-order valence-electron chi connectivity index (χ2n) is 6.04. The average Bonchev–Trinajstić information content (AvgIpc) is 3.37. The zero-order valence-electron chi connectivity index (χ0n) is 11.9. The highest BCUT2D eigenvalue weighted by molar-refractivity contribution is 5.92. The summed E-state index contributed by atoms with van der Waals surface area (Å²) >= 11 is 0. The number of nitrogens with one attached hydrogen (secondary N) is 2. The molecule has 21 heavy (non-hydrogen) atoms. The van der Waals surface area contributed by atoms with Crippen LogP contribution in [0.5, 0.6) is 0 Å². The fraction of sp³-hybridized carbons (Fsp3) is 0.500. The molecule has 0 unspecified atom stereocenters. The lowest BCUT2D eigenvalue weighted by Gasteiger charge is -2.05. The van der Waals surface area contributed by atoms with Gasteiger partial charge in [-0.25, -0.2) is 4.98 Å². The molecule has 1 amide bonds. The summed E-state index contributed by atoms with van der Waals surface area (Å²) in [6.07, 6.45) is 5.33. The average molecular weight is 285 g/mol. The van der Waals surface area contributed by atoms with Gasteiger partial charge in [0.25, 0.3) is 0 Å². The molecule has 1 aromatic heterocycles. The van der Waals surface area contributed by atoms with Gasteiger partial charge in [0.1, 0.15) is 5.52 Å². The summed E-state index contributed by atoms with van der Waals surface area (Å²) in [5, 5.41) is 6.26. The van der Waals surface area contributed by atoms with Gasteiger partial charge in [0.2, 0.25) is 5.91 Å². The molecule has 0 radical (unpaired) electrons. The summed E-state index contributed by atoms with van der Waals surface area (Å²) in [6.45, 7) is 0.745. The number of hydrogen-bond acceptors (Lipinski definition) is 4. The van der Waals surface area contributed by atoms with Crippen LogP contribution in [0, 0.1) is 0 Å². The van der Waals surface area contributed by atoms with Crippen LogP contribution in [0.1, 0.15) is 43.9 Å². The predicted molar refractivity (Wildman–Crippen MR) is 80.3 cm³/mol. The quantitative estimate of drug-likeness (QED) is 0.856. The van der Waals surface area contributed by atoms with Crippen molar-refractivity contribution >= 4 is 22.7 Å². The van der Waals surface area contributed by atoms with Crippen LogP contribution < -0.4 is 10.6 Å². The summed E-state index contributed by atoms with van der Waals surface area (Å²) in [4.78, 5) is 16.4. The van der Waals surface area contributed by atoms with E-state index < -0.39 is 0 Å². The number of aromatic nitrogens is 1. The molecule has 1 aromatic carbocycles. The Morgan fingerprint density at radius 1 is 1.29 bits per heavy atom. The number of carbonyl (C=O) groups is 1. The summed E-state index contributed by atoms with van der Waals surface area (Å²) < 4.78 is 5.72. The van der Waals surface area contributed by atoms with Gasteiger partial charge in [-0.15, -0.1) is 0 Å². The van der Waals surface area contributed by atoms with E-state index in [-0.39, 0.29) is 5.91 Å². The molecule has 2 fully saturated rings. The zero-order chi connectivity index (χ0) is 14.2. The third-order valence-corrected chi connectivity index (χ3v) is 3.98. The van der Waals surface area contributed by atoms with E-state index in [9.17, 15) is 4.79 Å². The highest BCUT2D eigenvalue weighted by atomic mass is 16.3. The number of anilines is 1. The number of fused-ring (bicyclic) bond motifs is 1. The Morgan fingerprint density at radius 2 is 2.14 bits per heavy atom. The van der Waals surface area contributed by atoms with E-state index >= 15 is 0 Å². The van der Waals surface area contributed by atoms with Gasteiger partial charge in [0, 0.05) is 30.6 Å². The second kappa shape index (κ2) is 5.15. The molecule has 5 nitrogen and oxygen atoms in total. The fourth-order valence-electron chi connectivity index (χ4n) is 2.43. The van der Waals surface area contributed by atoms with Gasteiger partial charge in [0.15, 0.2) is 11.5 Å². The van der Waals surface area contributed by atoms with Crippen LogP contribution in [0.4, 0.5) is 5.69 Å². The second-order valence-corrected chi connectivity index (χ2v) is 6.04. The Labute approximate surface area is 123 Å². The lowest BCUT2D eigenvalue weighted by atomic mass is 10.2. The number of amides is 1. The van der Waals surface area contributed by atoms with Gasteiger partial charge < -0.3 is 15.1 Å². The van der Waals surface area contributed by atoms with E-state index in [1.165, 1.54) is 25.7 Å². The maximum atomic E-state index is 11.9. The highest BCUT2D eigenvalue weighted by Gasteiger charge is 2.28. The largest absolute Gasteiger partial charge is 0.440 e. The standard InChI is InChI=1S/C16H19N3O2/c20-15(7-8-17-11-3-4-11)18-12-5-6-14-13(9-12)19-16(21-14)10-1-2-10/h5-6,9-11,17H,1-4,7-8H2,(H,18,20). The van der Waals surface area contributed by atoms with Gasteiger partial charge in [-0.05, 0) is 43.9 Å². The minimum atomic E-state index is 0.0356. The van der Waals surface area contributed by atoms with Crippen molar-refractivity contribution in [1.29, 1.82) is 0 Å². The van der Waals surface area contributed by atoms with E-state index in [4.69, 9.17) is 4.42 Å². The van der Waals surface area contributed by atoms with Gasteiger partial charge in [-0.2, -0.15) is 0 Å². The Hall–Kier alpha value is -1.88. The van der Waals surface area contributed by atoms with Crippen LogP contribution >= 0.6 is 0 Å². The predicted octanol–water partition coefficient (Wildman–Crippen LogP) is 2.79. The smallest absolute Gasteiger partial charge is 0.225 e. The van der Waals surface area contributed by atoms with E-state index in [1.54, 1.807) is 0 Å². The number of hydrogen-bond donors (Lipinski definition) is 2. The van der Waals surface area contributed by atoms with Crippen molar-refractivity contribution in [3.05, 3.63) is 24.1 Å². The van der Waals surface area contributed by atoms with Crippen LogP contribution in [0.3, 0.4) is 0 Å². The molecule has 2 aliphatic carbocycles. The molecular formula is C16H19N3O2. The lowest BCUT2D eigenvalue weighted by Crippen LogP contribution is -2.23. The Kier molecular flexibility index (Phi) is 3.15. The van der Waals surface area contributed by atoms with Gasteiger partial charge >= 0.3 is 0 Å². The van der Waals surface area contributed by atoms with Crippen molar-refractivity contribution in [2.45, 2.75) is 44.1 Å². The molecule has 2 aliphatic rings. The summed E-state index contributed by atoms with van der Waals surface area (Å²) in [5.41, 5.74) is 2.41. The third-order valence-electron chi connectivity index (χ3n) is 3.98. The van der Waals surface area contributed by atoms with E-state index in [0.717, 1.165) is 29.2 Å². The number of carbonyl (C=O) groups excluding carboxylic acids is 1. The van der Waals surface area contributed by atoms with Crippen molar-refractivity contribution < 1.29 is 9.21 Å². The van der Waals surface area contributed by atoms with Crippen LogP contribution in [0.15, 0.2) is 22.6 Å². The van der Waals surface area contributed by atoms with Crippen LogP contribution in [-0.2, 0) is 4.79 Å². The van der Waals surface area contributed by atoms with E-state index in [0.29, 0.717) is 18.4 Å². The topological polar surface area (TPSA) is 67.2 Å². The maximum Gasteiger partial charge on any atom is 0.225 e. The summed E-state index contributed by atoms with van der Waals surface area (Å²) in [6, 6.07) is 6.28. The first-order valence-corrected chi connectivity index (χ1v) is 7.72. The number of rotatable bonds is 6. The molecule has 2 N–H and O–H groups in total. The van der Waals surface area contributed by atoms with E-state index in [2.05, 4.69) is 15.6 Å². The molecule has 2 saturated carbocycles. The van der Waals surface area contributed by atoms with Gasteiger partial charge in [0.05, 0.1) is 0 Å². The molecule has 0 aliphatic heterocycles. The fourth-order valence-corrected chi connectivity index (χ4v) is 2.43. The number of benzene rings is 1. The number of oxazole rings is 1. The first-order valence-electron chi connectivity index (χ1n) is 7.72. The van der Waals surface area contributed by atoms with Crippen LogP contribution in [-0.4, -0.2) is 23.5 Å². The minimum absolute atomic E-state index is 0.0356. The Balaban J connectivity index is 1.39. The van der Waals surface area contributed by atoms with Crippen molar-refractivity contribution in [2.24, 2.45) is 0 Å². The molecule has 2 aromatic rings. The van der Waals surface area contributed by atoms with E-state index in [1.807, 2.05) is 18.2 Å². The molecule has 0 saturated heterocycles. The van der Waals surface area contributed by atoms with Crippen LogP contribution in [0.2, 0.25) is 0 Å². The minimum Gasteiger partial charge on any atom is -0.440 e. The molecule has 1 heterocycles. The lowest BCUT2D eigenvalue weighted by molar-refractivity contribution is -0.116. The summed E-state index contributed by atoms with van der Waals surface area (Å²) in [5.74, 6) is 1.37. The third kappa shape index (κ3) is 3.08.